The minimum absolute atomic E-state index is 0.700. The lowest BCUT2D eigenvalue weighted by Gasteiger charge is -2.27. The van der Waals surface area contributed by atoms with Gasteiger partial charge in [0.2, 0.25) is 0 Å². The largest absolute Gasteiger partial charge is 0.398 e. The first-order valence-electron chi connectivity index (χ1n) is 4.45. The summed E-state index contributed by atoms with van der Waals surface area (Å²) >= 11 is 1.72. The van der Waals surface area contributed by atoms with Crippen molar-refractivity contribution in [3.63, 3.8) is 0 Å². The number of hydrogen-bond acceptors (Lipinski definition) is 3. The van der Waals surface area contributed by atoms with Gasteiger partial charge in [-0.2, -0.15) is 0 Å². The monoisotopic (exact) mass is 194 g/mol. The molecule has 1 aliphatic heterocycles. The molecule has 1 heterocycles. The van der Waals surface area contributed by atoms with Crippen molar-refractivity contribution in [2.45, 2.75) is 10.8 Å². The molecule has 0 saturated carbocycles. The summed E-state index contributed by atoms with van der Waals surface area (Å²) in [7, 11) is 0. The zero-order valence-corrected chi connectivity index (χ0v) is 8.53. The molecule has 1 saturated heterocycles. The van der Waals surface area contributed by atoms with E-state index in [1.807, 2.05) is 6.07 Å². The maximum Gasteiger partial charge on any atom is 0.0452 e. The third-order valence-corrected chi connectivity index (χ3v) is 3.30. The molecule has 3 N–H and O–H groups in total. The van der Waals surface area contributed by atoms with E-state index in [0.717, 1.165) is 18.8 Å². The van der Waals surface area contributed by atoms with Gasteiger partial charge in [-0.05, 0) is 24.0 Å². The van der Waals surface area contributed by atoms with Gasteiger partial charge < -0.3 is 11.1 Å². The van der Waals surface area contributed by atoms with Gasteiger partial charge in [0.1, 0.15) is 0 Å². The lowest BCUT2D eigenvalue weighted by molar-refractivity contribution is 0.448. The minimum Gasteiger partial charge on any atom is -0.398 e. The van der Waals surface area contributed by atoms with Crippen molar-refractivity contribution >= 4 is 17.4 Å². The third-order valence-electron chi connectivity index (χ3n) is 2.51. The van der Waals surface area contributed by atoms with Crippen LogP contribution < -0.4 is 11.1 Å². The van der Waals surface area contributed by atoms with Crippen LogP contribution >= 0.6 is 11.8 Å². The molecule has 1 aromatic rings. The first-order chi connectivity index (χ1) is 6.31. The Balaban J connectivity index is 2.26. The van der Waals surface area contributed by atoms with Crippen molar-refractivity contribution in [1.82, 2.24) is 5.32 Å². The Hall–Kier alpha value is -0.670. The average molecular weight is 194 g/mol. The molecular formula is C10H14N2S. The van der Waals surface area contributed by atoms with Crippen LogP contribution in [0.15, 0.2) is 23.1 Å². The van der Waals surface area contributed by atoms with Crippen LogP contribution in [-0.4, -0.2) is 19.3 Å². The van der Waals surface area contributed by atoms with Gasteiger partial charge in [-0.1, -0.05) is 6.07 Å². The number of hydrogen-bond donors (Lipinski definition) is 2. The Morgan fingerprint density at radius 2 is 2.23 bits per heavy atom. The van der Waals surface area contributed by atoms with Crippen LogP contribution in [0.3, 0.4) is 0 Å². The van der Waals surface area contributed by atoms with Crippen LogP contribution in [0.5, 0.6) is 0 Å². The van der Waals surface area contributed by atoms with Crippen LogP contribution in [-0.2, 0) is 0 Å². The molecule has 70 valence electrons. The molecule has 3 heteroatoms. The first-order valence-corrected chi connectivity index (χ1v) is 5.68. The lowest BCUT2D eigenvalue weighted by atomic mass is 9.94. The maximum absolute atomic E-state index is 5.82. The van der Waals surface area contributed by atoms with Gasteiger partial charge in [0.25, 0.3) is 0 Å². The summed E-state index contributed by atoms with van der Waals surface area (Å²) in [6, 6.07) is 6.37. The van der Waals surface area contributed by atoms with E-state index in [-0.39, 0.29) is 0 Å². The normalized spacial score (nSPS) is 17.0. The highest BCUT2D eigenvalue weighted by Crippen LogP contribution is 2.28. The summed E-state index contributed by atoms with van der Waals surface area (Å²) in [5.41, 5.74) is 8.13. The van der Waals surface area contributed by atoms with Crippen LogP contribution in [0.1, 0.15) is 11.5 Å². The summed E-state index contributed by atoms with van der Waals surface area (Å²) in [5, 5.41) is 3.27. The molecule has 0 aromatic heterocycles. The average Bonchev–Trinajstić information content (AvgIpc) is 2.05. The van der Waals surface area contributed by atoms with E-state index in [0.29, 0.717) is 5.92 Å². The minimum atomic E-state index is 0.700. The van der Waals surface area contributed by atoms with Crippen LogP contribution in [0.2, 0.25) is 0 Å². The molecule has 0 spiro atoms. The molecule has 1 aromatic carbocycles. The molecule has 2 nitrogen and oxygen atoms in total. The van der Waals surface area contributed by atoms with Crippen LogP contribution in [0.25, 0.3) is 0 Å². The van der Waals surface area contributed by atoms with E-state index in [1.165, 1.54) is 10.5 Å². The van der Waals surface area contributed by atoms with E-state index in [2.05, 4.69) is 23.7 Å². The Bertz CT molecular complexity index is 308. The summed E-state index contributed by atoms with van der Waals surface area (Å²) < 4.78 is 0. The first kappa shape index (κ1) is 8.91. The molecule has 0 radical (unpaired) electrons. The summed E-state index contributed by atoms with van der Waals surface area (Å²) in [6.45, 7) is 2.22. The van der Waals surface area contributed by atoms with Crippen molar-refractivity contribution < 1.29 is 0 Å². The highest BCUT2D eigenvalue weighted by Gasteiger charge is 2.19. The maximum atomic E-state index is 5.82. The molecule has 0 bridgehead atoms. The summed E-state index contributed by atoms with van der Waals surface area (Å²) in [5.74, 6) is 0.700. The predicted molar refractivity (Wildman–Crippen MR) is 58.2 cm³/mol. The molecule has 2 rings (SSSR count). The van der Waals surface area contributed by atoms with Gasteiger partial charge >= 0.3 is 0 Å². The van der Waals surface area contributed by atoms with Crippen molar-refractivity contribution in [3.8, 4) is 0 Å². The molecule has 0 amide bonds. The molecular weight excluding hydrogens is 180 g/mol. The predicted octanol–water partition coefficient (Wildman–Crippen LogP) is 1.68. The number of benzene rings is 1. The zero-order valence-electron chi connectivity index (χ0n) is 7.71. The quantitative estimate of drug-likeness (QED) is 0.555. The second-order valence-corrected chi connectivity index (χ2v) is 4.20. The van der Waals surface area contributed by atoms with Gasteiger partial charge in [0, 0.05) is 29.6 Å². The summed E-state index contributed by atoms with van der Waals surface area (Å²) in [6.07, 6.45) is 2.06. The van der Waals surface area contributed by atoms with E-state index in [9.17, 15) is 0 Å². The lowest BCUT2D eigenvalue weighted by Crippen LogP contribution is -2.39. The number of nitrogen functional groups attached to an aromatic ring is 1. The van der Waals surface area contributed by atoms with Crippen LogP contribution in [0, 0.1) is 0 Å². The summed E-state index contributed by atoms with van der Waals surface area (Å²) in [4.78, 5) is 1.20. The van der Waals surface area contributed by atoms with Gasteiger partial charge in [0.05, 0.1) is 0 Å². The highest BCUT2D eigenvalue weighted by molar-refractivity contribution is 7.98. The molecule has 0 atom stereocenters. The fraction of sp³-hybridized carbons (Fsp3) is 0.400. The molecule has 1 aliphatic rings. The van der Waals surface area contributed by atoms with Crippen molar-refractivity contribution in [2.75, 3.05) is 25.1 Å². The zero-order chi connectivity index (χ0) is 9.26. The van der Waals surface area contributed by atoms with Gasteiger partial charge in [-0.25, -0.2) is 0 Å². The second-order valence-electron chi connectivity index (χ2n) is 3.36. The van der Waals surface area contributed by atoms with Crippen molar-refractivity contribution in [1.29, 1.82) is 0 Å². The van der Waals surface area contributed by atoms with E-state index in [4.69, 9.17) is 5.73 Å². The fourth-order valence-corrected chi connectivity index (χ4v) is 2.06. The Morgan fingerprint density at radius 3 is 2.77 bits per heavy atom. The third kappa shape index (κ3) is 1.67. The Kier molecular flexibility index (Phi) is 2.47. The van der Waals surface area contributed by atoms with E-state index in [1.54, 1.807) is 11.8 Å². The number of anilines is 1. The smallest absolute Gasteiger partial charge is 0.0452 e. The Labute approximate surface area is 82.9 Å². The van der Waals surface area contributed by atoms with Gasteiger partial charge in [0.15, 0.2) is 0 Å². The van der Waals surface area contributed by atoms with Crippen molar-refractivity contribution in [2.24, 2.45) is 0 Å². The fourth-order valence-electron chi connectivity index (χ4n) is 1.51. The standard InChI is InChI=1S/C10H14N2S/c1-13-10-4-7(2-3-9(10)11)8-5-12-6-8/h2-4,8,12H,5-6,11H2,1H3. The molecule has 0 unspecified atom stereocenters. The molecule has 0 aliphatic carbocycles. The van der Waals surface area contributed by atoms with E-state index < -0.39 is 0 Å². The molecule has 1 fully saturated rings. The van der Waals surface area contributed by atoms with E-state index >= 15 is 0 Å². The number of nitrogens with two attached hydrogens (primary N) is 1. The topological polar surface area (TPSA) is 38.0 Å². The van der Waals surface area contributed by atoms with Gasteiger partial charge in [-0.15, -0.1) is 11.8 Å². The number of thioether (sulfide) groups is 1. The van der Waals surface area contributed by atoms with Crippen molar-refractivity contribution in [3.05, 3.63) is 23.8 Å². The van der Waals surface area contributed by atoms with Crippen LogP contribution in [0.4, 0.5) is 5.69 Å². The number of rotatable bonds is 2. The second kappa shape index (κ2) is 3.60. The SMILES string of the molecule is CSc1cc(C2CNC2)ccc1N. The van der Waals surface area contributed by atoms with Gasteiger partial charge in [-0.3, -0.25) is 0 Å². The Morgan fingerprint density at radius 1 is 1.46 bits per heavy atom. The molecule has 13 heavy (non-hydrogen) atoms. The number of nitrogens with one attached hydrogen (secondary N) is 1. The highest BCUT2D eigenvalue weighted by atomic mass is 32.2.